The molecule has 0 saturated heterocycles. The number of carbonyl (C=O) groups excluding carboxylic acids is 1. The van der Waals surface area contributed by atoms with Gasteiger partial charge in [0.1, 0.15) is 5.54 Å². The van der Waals surface area contributed by atoms with Crippen molar-refractivity contribution in [3.63, 3.8) is 0 Å². The molecule has 0 saturated carbocycles. The molecule has 102 valence electrons. The topological polar surface area (TPSA) is 92.8 Å². The highest BCUT2D eigenvalue weighted by Crippen LogP contribution is 2.14. The first-order valence-corrected chi connectivity index (χ1v) is 6.92. The van der Waals surface area contributed by atoms with E-state index in [1.54, 1.807) is 13.8 Å². The molecule has 0 aromatic heterocycles. The minimum atomic E-state index is -0.938. The molecule has 17 heavy (non-hydrogen) atoms. The van der Waals surface area contributed by atoms with Crippen LogP contribution in [0.3, 0.4) is 0 Å². The largest absolute Gasteiger partial charge is 0.465 e. The average Bonchev–Trinajstić information content (AvgIpc) is 2.28. The number of nitrogens with two attached hydrogens (primary N) is 1. The maximum absolute atomic E-state index is 11.5. The molecule has 4 N–H and O–H groups in total. The molecule has 6 heteroatoms. The maximum Gasteiger partial charge on any atom is 0.325 e. The third-order valence-corrected chi connectivity index (χ3v) is 3.45. The number of aliphatic hydroxyl groups excluding tert-OH is 2. The van der Waals surface area contributed by atoms with E-state index in [1.807, 2.05) is 0 Å². The van der Waals surface area contributed by atoms with Gasteiger partial charge in [-0.3, -0.25) is 4.79 Å². The Morgan fingerprint density at radius 3 is 2.76 bits per heavy atom. The van der Waals surface area contributed by atoms with E-state index in [4.69, 9.17) is 20.7 Å². The van der Waals surface area contributed by atoms with Crippen LogP contribution >= 0.6 is 11.8 Å². The van der Waals surface area contributed by atoms with Crippen LogP contribution in [0, 0.1) is 0 Å². The molecule has 0 aliphatic carbocycles. The zero-order valence-electron chi connectivity index (χ0n) is 10.5. The van der Waals surface area contributed by atoms with Crippen LogP contribution in [0.5, 0.6) is 0 Å². The van der Waals surface area contributed by atoms with E-state index in [0.29, 0.717) is 18.8 Å². The van der Waals surface area contributed by atoms with Gasteiger partial charge in [0.25, 0.3) is 0 Å². The fraction of sp³-hybridized carbons (Fsp3) is 0.909. The number of thioether (sulfide) groups is 1. The molecule has 0 radical (unpaired) electrons. The molecule has 0 rings (SSSR count). The summed E-state index contributed by atoms with van der Waals surface area (Å²) in [5.74, 6) is 0.917. The van der Waals surface area contributed by atoms with E-state index < -0.39 is 11.6 Å². The Hall–Kier alpha value is -0.300. The van der Waals surface area contributed by atoms with Crippen molar-refractivity contribution >= 4 is 17.7 Å². The summed E-state index contributed by atoms with van der Waals surface area (Å²) < 4.78 is 4.88. The first kappa shape index (κ1) is 16.7. The summed E-state index contributed by atoms with van der Waals surface area (Å²) in [7, 11) is 0. The van der Waals surface area contributed by atoms with Gasteiger partial charge in [-0.1, -0.05) is 0 Å². The third kappa shape index (κ3) is 7.59. The maximum atomic E-state index is 11.5. The van der Waals surface area contributed by atoms with E-state index in [9.17, 15) is 4.79 Å². The molecule has 5 nitrogen and oxygen atoms in total. The minimum Gasteiger partial charge on any atom is -0.465 e. The Labute approximate surface area is 107 Å². The van der Waals surface area contributed by atoms with Crippen LogP contribution in [0.4, 0.5) is 0 Å². The molecule has 2 atom stereocenters. The molecule has 0 aromatic rings. The summed E-state index contributed by atoms with van der Waals surface area (Å²) in [5, 5.41) is 17.7. The number of hydrogen-bond donors (Lipinski definition) is 3. The molecule has 0 aliphatic rings. The zero-order chi connectivity index (χ0) is 13.3. The summed E-state index contributed by atoms with van der Waals surface area (Å²) >= 11 is 1.53. The molecule has 0 amide bonds. The molecule has 0 spiro atoms. The average molecular weight is 265 g/mol. The Balaban J connectivity index is 3.69. The molecule has 0 bridgehead atoms. The molecular formula is C11H23NO4S. The summed E-state index contributed by atoms with van der Waals surface area (Å²) in [6.45, 7) is 3.53. The van der Waals surface area contributed by atoms with Gasteiger partial charge in [-0.2, -0.15) is 11.8 Å². The van der Waals surface area contributed by atoms with Gasteiger partial charge in [0.2, 0.25) is 0 Å². The Morgan fingerprint density at radius 2 is 2.24 bits per heavy atom. The van der Waals surface area contributed by atoms with E-state index in [-0.39, 0.29) is 12.6 Å². The van der Waals surface area contributed by atoms with E-state index in [1.165, 1.54) is 11.8 Å². The fourth-order valence-corrected chi connectivity index (χ4v) is 2.10. The second-order valence-electron chi connectivity index (χ2n) is 4.15. The smallest absolute Gasteiger partial charge is 0.325 e. The molecule has 0 heterocycles. The van der Waals surface area contributed by atoms with Gasteiger partial charge < -0.3 is 20.7 Å². The van der Waals surface area contributed by atoms with Crippen LogP contribution in [0.1, 0.15) is 26.7 Å². The highest BCUT2D eigenvalue weighted by Gasteiger charge is 2.28. The number of carbonyl (C=O) groups is 1. The van der Waals surface area contributed by atoms with Gasteiger partial charge in [-0.15, -0.1) is 0 Å². The number of hydrogen-bond acceptors (Lipinski definition) is 6. The predicted molar refractivity (Wildman–Crippen MR) is 68.9 cm³/mol. The first-order valence-electron chi connectivity index (χ1n) is 5.76. The van der Waals surface area contributed by atoms with E-state index >= 15 is 0 Å². The quantitative estimate of drug-likeness (QED) is 0.405. The van der Waals surface area contributed by atoms with Crippen LogP contribution in [-0.2, 0) is 9.53 Å². The van der Waals surface area contributed by atoms with Crippen molar-refractivity contribution in [3.8, 4) is 0 Å². The van der Waals surface area contributed by atoms with Crippen molar-refractivity contribution < 1.29 is 19.7 Å². The number of aliphatic hydroxyl groups is 2. The summed E-state index contributed by atoms with van der Waals surface area (Å²) in [6.07, 6.45) is 0.650. The van der Waals surface area contributed by atoms with Crippen molar-refractivity contribution in [1.82, 2.24) is 0 Å². The Kier molecular flexibility index (Phi) is 8.59. The van der Waals surface area contributed by atoms with Crippen molar-refractivity contribution in [2.45, 2.75) is 38.3 Å². The van der Waals surface area contributed by atoms with E-state index in [0.717, 1.165) is 12.2 Å². The van der Waals surface area contributed by atoms with Crippen LogP contribution in [0.2, 0.25) is 0 Å². The number of ether oxygens (including phenoxy) is 1. The van der Waals surface area contributed by atoms with Crippen LogP contribution < -0.4 is 5.73 Å². The molecular weight excluding hydrogens is 242 g/mol. The predicted octanol–water partition coefficient (Wildman–Crippen LogP) is 0.133. The highest BCUT2D eigenvalue weighted by molar-refractivity contribution is 7.99. The fourth-order valence-electron chi connectivity index (χ4n) is 1.21. The molecule has 2 unspecified atom stereocenters. The lowest BCUT2D eigenvalue weighted by atomic mass is 9.98. The summed E-state index contributed by atoms with van der Waals surface area (Å²) in [6, 6.07) is 0. The second-order valence-corrected chi connectivity index (χ2v) is 5.30. The normalized spacial score (nSPS) is 16.3. The molecule has 0 aromatic carbocycles. The molecule has 0 aliphatic heterocycles. The van der Waals surface area contributed by atoms with Gasteiger partial charge in [0.05, 0.1) is 19.3 Å². The van der Waals surface area contributed by atoms with E-state index in [2.05, 4.69) is 0 Å². The monoisotopic (exact) mass is 265 g/mol. The Bertz CT molecular complexity index is 224. The van der Waals surface area contributed by atoms with Crippen LogP contribution in [-0.4, -0.2) is 52.5 Å². The SMILES string of the molecule is CCOC(=O)C(C)(N)CCCSCC(O)CO. The van der Waals surface area contributed by atoms with Crippen LogP contribution in [0.25, 0.3) is 0 Å². The van der Waals surface area contributed by atoms with Gasteiger partial charge in [0.15, 0.2) is 0 Å². The molecule has 0 fully saturated rings. The van der Waals surface area contributed by atoms with Crippen molar-refractivity contribution in [2.75, 3.05) is 24.7 Å². The third-order valence-electron chi connectivity index (χ3n) is 2.25. The van der Waals surface area contributed by atoms with Gasteiger partial charge in [0, 0.05) is 5.75 Å². The standard InChI is InChI=1S/C11H23NO4S/c1-3-16-10(15)11(2,12)5-4-6-17-8-9(14)7-13/h9,13-14H,3-8,12H2,1-2H3. The lowest BCUT2D eigenvalue weighted by Crippen LogP contribution is -2.46. The second kappa shape index (κ2) is 8.74. The number of esters is 1. The van der Waals surface area contributed by atoms with Gasteiger partial charge in [-0.25, -0.2) is 0 Å². The Morgan fingerprint density at radius 1 is 1.59 bits per heavy atom. The lowest BCUT2D eigenvalue weighted by Gasteiger charge is -2.21. The summed E-state index contributed by atoms with van der Waals surface area (Å²) in [5.41, 5.74) is 4.90. The number of rotatable bonds is 9. The van der Waals surface area contributed by atoms with Gasteiger partial charge >= 0.3 is 5.97 Å². The lowest BCUT2D eigenvalue weighted by molar-refractivity contribution is -0.149. The zero-order valence-corrected chi connectivity index (χ0v) is 11.3. The van der Waals surface area contributed by atoms with Gasteiger partial charge in [-0.05, 0) is 32.4 Å². The van der Waals surface area contributed by atoms with Crippen molar-refractivity contribution in [2.24, 2.45) is 5.73 Å². The summed E-state index contributed by atoms with van der Waals surface area (Å²) in [4.78, 5) is 11.5. The van der Waals surface area contributed by atoms with Crippen molar-refractivity contribution in [3.05, 3.63) is 0 Å². The van der Waals surface area contributed by atoms with Crippen molar-refractivity contribution in [1.29, 1.82) is 0 Å². The first-order chi connectivity index (χ1) is 7.94. The highest BCUT2D eigenvalue weighted by atomic mass is 32.2. The van der Waals surface area contributed by atoms with Crippen LogP contribution in [0.15, 0.2) is 0 Å². The minimum absolute atomic E-state index is 0.218.